The van der Waals surface area contributed by atoms with Crippen molar-refractivity contribution in [3.8, 4) is 0 Å². The molecular formula is C16H15N3O2. The van der Waals surface area contributed by atoms with E-state index in [0.29, 0.717) is 22.3 Å². The van der Waals surface area contributed by atoms with Gasteiger partial charge in [0.2, 0.25) is 0 Å². The molecule has 1 amide bonds. The van der Waals surface area contributed by atoms with Crippen LogP contribution in [-0.2, 0) is 0 Å². The van der Waals surface area contributed by atoms with Crippen LogP contribution in [0.15, 0.2) is 41.2 Å². The van der Waals surface area contributed by atoms with Crippen LogP contribution in [0.1, 0.15) is 21.5 Å². The quantitative estimate of drug-likeness (QED) is 0.675. The van der Waals surface area contributed by atoms with Crippen molar-refractivity contribution in [3.05, 3.63) is 63.6 Å². The van der Waals surface area contributed by atoms with Crippen molar-refractivity contribution in [1.29, 1.82) is 0 Å². The van der Waals surface area contributed by atoms with Gasteiger partial charge in [0, 0.05) is 11.3 Å². The predicted molar refractivity (Wildman–Crippen MR) is 82.8 cm³/mol. The van der Waals surface area contributed by atoms with Crippen LogP contribution in [-0.4, -0.2) is 15.9 Å². The van der Waals surface area contributed by atoms with E-state index in [1.165, 1.54) is 0 Å². The molecule has 0 saturated carbocycles. The Morgan fingerprint density at radius 2 is 1.81 bits per heavy atom. The van der Waals surface area contributed by atoms with Gasteiger partial charge in [0.25, 0.3) is 5.91 Å². The number of hydrogen-bond acceptors (Lipinski definition) is 2. The van der Waals surface area contributed by atoms with Gasteiger partial charge in [-0.15, -0.1) is 0 Å². The summed E-state index contributed by atoms with van der Waals surface area (Å²) in [6, 6.07) is 10.9. The number of imidazole rings is 1. The number of nitrogens with one attached hydrogen (secondary N) is 3. The zero-order chi connectivity index (χ0) is 15.0. The molecule has 3 rings (SSSR count). The molecule has 0 aliphatic heterocycles. The normalized spacial score (nSPS) is 10.8. The molecule has 3 aromatic rings. The van der Waals surface area contributed by atoms with E-state index in [1.807, 2.05) is 26.0 Å². The number of rotatable bonds is 2. The first-order valence-corrected chi connectivity index (χ1v) is 6.64. The second-order valence-corrected chi connectivity index (χ2v) is 5.04. The Hall–Kier alpha value is -2.82. The van der Waals surface area contributed by atoms with Crippen LogP contribution in [0.25, 0.3) is 11.0 Å². The minimum absolute atomic E-state index is 0.159. The Balaban J connectivity index is 1.92. The summed E-state index contributed by atoms with van der Waals surface area (Å²) in [5, 5.41) is 2.85. The Morgan fingerprint density at radius 3 is 2.62 bits per heavy atom. The predicted octanol–water partition coefficient (Wildman–Crippen LogP) is 2.73. The summed E-state index contributed by atoms with van der Waals surface area (Å²) in [5.74, 6) is -0.159. The molecule has 106 valence electrons. The molecule has 5 heteroatoms. The average Bonchev–Trinajstić information content (AvgIpc) is 2.81. The lowest BCUT2D eigenvalue weighted by Crippen LogP contribution is -2.13. The van der Waals surface area contributed by atoms with E-state index in [9.17, 15) is 9.59 Å². The number of anilines is 1. The van der Waals surface area contributed by atoms with Gasteiger partial charge in [0.1, 0.15) is 0 Å². The van der Waals surface area contributed by atoms with Crippen LogP contribution in [0.5, 0.6) is 0 Å². The summed E-state index contributed by atoms with van der Waals surface area (Å²) in [7, 11) is 0. The van der Waals surface area contributed by atoms with Gasteiger partial charge < -0.3 is 15.3 Å². The number of aromatic nitrogens is 2. The second kappa shape index (κ2) is 4.94. The first-order valence-electron chi connectivity index (χ1n) is 6.64. The van der Waals surface area contributed by atoms with E-state index in [4.69, 9.17) is 0 Å². The number of benzene rings is 2. The minimum Gasteiger partial charge on any atom is -0.322 e. The van der Waals surface area contributed by atoms with Gasteiger partial charge in [-0.1, -0.05) is 12.1 Å². The lowest BCUT2D eigenvalue weighted by Gasteiger charge is -2.09. The van der Waals surface area contributed by atoms with E-state index in [-0.39, 0.29) is 11.6 Å². The highest BCUT2D eigenvalue weighted by Crippen LogP contribution is 2.18. The number of amides is 1. The van der Waals surface area contributed by atoms with Crippen LogP contribution in [0, 0.1) is 13.8 Å². The molecule has 2 aromatic carbocycles. The maximum atomic E-state index is 12.3. The fourth-order valence-electron chi connectivity index (χ4n) is 2.31. The highest BCUT2D eigenvalue weighted by atomic mass is 16.2. The van der Waals surface area contributed by atoms with Crippen molar-refractivity contribution in [3.63, 3.8) is 0 Å². The minimum atomic E-state index is -0.261. The molecule has 0 saturated heterocycles. The molecule has 0 aliphatic rings. The average molecular weight is 281 g/mol. The molecule has 0 fully saturated rings. The summed E-state index contributed by atoms with van der Waals surface area (Å²) in [6.45, 7) is 3.90. The topological polar surface area (TPSA) is 77.8 Å². The van der Waals surface area contributed by atoms with Crippen molar-refractivity contribution in [1.82, 2.24) is 9.97 Å². The van der Waals surface area contributed by atoms with E-state index >= 15 is 0 Å². The van der Waals surface area contributed by atoms with Gasteiger partial charge in [-0.25, -0.2) is 4.79 Å². The van der Waals surface area contributed by atoms with Crippen molar-refractivity contribution in [2.24, 2.45) is 0 Å². The molecule has 0 radical (unpaired) electrons. The summed E-state index contributed by atoms with van der Waals surface area (Å²) in [4.78, 5) is 28.9. The molecular weight excluding hydrogens is 266 g/mol. The maximum absolute atomic E-state index is 12.3. The Kier molecular flexibility index (Phi) is 3.10. The Bertz CT molecular complexity index is 890. The largest absolute Gasteiger partial charge is 0.323 e. The third-order valence-electron chi connectivity index (χ3n) is 3.62. The third-order valence-corrected chi connectivity index (χ3v) is 3.62. The number of fused-ring (bicyclic) bond motifs is 1. The number of aryl methyl sites for hydroxylation is 1. The summed E-state index contributed by atoms with van der Waals surface area (Å²) in [5.41, 5.74) is 4.45. The van der Waals surface area contributed by atoms with Crippen LogP contribution >= 0.6 is 0 Å². The summed E-state index contributed by atoms with van der Waals surface area (Å²) < 4.78 is 0. The molecule has 0 aliphatic carbocycles. The lowest BCUT2D eigenvalue weighted by atomic mass is 10.0. The maximum Gasteiger partial charge on any atom is 0.323 e. The molecule has 1 aromatic heterocycles. The zero-order valence-corrected chi connectivity index (χ0v) is 11.8. The summed E-state index contributed by atoms with van der Waals surface area (Å²) >= 11 is 0. The molecule has 3 N–H and O–H groups in total. The van der Waals surface area contributed by atoms with Crippen molar-refractivity contribution >= 4 is 22.6 Å². The van der Waals surface area contributed by atoms with Gasteiger partial charge in [-0.05, 0) is 49.2 Å². The van der Waals surface area contributed by atoms with E-state index in [0.717, 1.165) is 11.1 Å². The molecule has 0 bridgehead atoms. The van der Waals surface area contributed by atoms with Crippen LogP contribution in [0.4, 0.5) is 5.69 Å². The van der Waals surface area contributed by atoms with Gasteiger partial charge in [-0.3, -0.25) is 4.79 Å². The fraction of sp³-hybridized carbons (Fsp3) is 0.125. The first-order chi connectivity index (χ1) is 10.0. The summed E-state index contributed by atoms with van der Waals surface area (Å²) in [6.07, 6.45) is 0. The SMILES string of the molecule is Cc1cccc(C(=O)Nc2ccc3[nH]c(=O)[nH]c3c2)c1C. The Labute approximate surface area is 121 Å². The monoisotopic (exact) mass is 281 g/mol. The second-order valence-electron chi connectivity index (χ2n) is 5.04. The zero-order valence-electron chi connectivity index (χ0n) is 11.8. The van der Waals surface area contributed by atoms with Gasteiger partial charge >= 0.3 is 5.69 Å². The molecule has 0 spiro atoms. The van der Waals surface area contributed by atoms with Crippen molar-refractivity contribution in [2.45, 2.75) is 13.8 Å². The van der Waals surface area contributed by atoms with E-state index in [2.05, 4.69) is 15.3 Å². The number of carbonyl (C=O) groups excluding carboxylic acids is 1. The first kappa shape index (κ1) is 13.2. The highest BCUT2D eigenvalue weighted by Gasteiger charge is 2.10. The van der Waals surface area contributed by atoms with Crippen LogP contribution in [0.3, 0.4) is 0 Å². The van der Waals surface area contributed by atoms with Crippen molar-refractivity contribution < 1.29 is 4.79 Å². The smallest absolute Gasteiger partial charge is 0.322 e. The molecule has 0 atom stereocenters. The molecule has 21 heavy (non-hydrogen) atoms. The van der Waals surface area contributed by atoms with Gasteiger partial charge in [0.15, 0.2) is 0 Å². The number of aromatic amines is 2. The molecule has 1 heterocycles. The van der Waals surface area contributed by atoms with Crippen LogP contribution < -0.4 is 11.0 Å². The van der Waals surface area contributed by atoms with E-state index in [1.54, 1.807) is 24.3 Å². The molecule has 0 unspecified atom stereocenters. The van der Waals surface area contributed by atoms with Crippen molar-refractivity contribution in [2.75, 3.05) is 5.32 Å². The van der Waals surface area contributed by atoms with Crippen LogP contribution in [0.2, 0.25) is 0 Å². The van der Waals surface area contributed by atoms with Gasteiger partial charge in [0.05, 0.1) is 11.0 Å². The van der Waals surface area contributed by atoms with Gasteiger partial charge in [-0.2, -0.15) is 0 Å². The fourth-order valence-corrected chi connectivity index (χ4v) is 2.31. The standard InChI is InChI=1S/C16H15N3O2/c1-9-4-3-5-12(10(9)2)15(20)17-11-6-7-13-14(8-11)19-16(21)18-13/h3-8H,1-2H3,(H,17,20)(H2,18,19,21). The number of hydrogen-bond donors (Lipinski definition) is 3. The third kappa shape index (κ3) is 2.45. The lowest BCUT2D eigenvalue weighted by molar-refractivity contribution is 0.102. The Morgan fingerprint density at radius 1 is 1.05 bits per heavy atom. The number of H-pyrrole nitrogens is 2. The highest BCUT2D eigenvalue weighted by molar-refractivity contribution is 6.06. The molecule has 5 nitrogen and oxygen atoms in total. The van der Waals surface area contributed by atoms with E-state index < -0.39 is 0 Å². The number of carbonyl (C=O) groups is 1.